The SMILES string of the molecule is CC.CS.Cc1ccc(S(=O)(=O)N[C@@H](CC(N)=O)C(=O)O)cc1. The van der Waals surface area contributed by atoms with Crippen molar-refractivity contribution in [2.45, 2.75) is 38.1 Å². The minimum absolute atomic E-state index is 0.0752. The highest BCUT2D eigenvalue weighted by molar-refractivity contribution is 7.89. The molecule has 0 saturated carbocycles. The van der Waals surface area contributed by atoms with Crippen LogP contribution in [-0.2, 0) is 19.6 Å². The Morgan fingerprint density at radius 2 is 1.65 bits per heavy atom. The number of benzene rings is 1. The average molecular weight is 364 g/mol. The van der Waals surface area contributed by atoms with Gasteiger partial charge in [-0.25, -0.2) is 8.42 Å². The van der Waals surface area contributed by atoms with Crippen molar-refractivity contribution in [3.05, 3.63) is 29.8 Å². The van der Waals surface area contributed by atoms with E-state index in [4.69, 9.17) is 10.8 Å². The van der Waals surface area contributed by atoms with Gasteiger partial charge in [0.1, 0.15) is 6.04 Å². The lowest BCUT2D eigenvalue weighted by Gasteiger charge is -2.13. The molecule has 4 N–H and O–H groups in total. The Morgan fingerprint density at radius 1 is 1.22 bits per heavy atom. The smallest absolute Gasteiger partial charge is 0.322 e. The normalized spacial score (nSPS) is 11.2. The quantitative estimate of drug-likeness (QED) is 0.564. The minimum Gasteiger partial charge on any atom is -0.480 e. The van der Waals surface area contributed by atoms with Gasteiger partial charge in [0, 0.05) is 0 Å². The van der Waals surface area contributed by atoms with Crippen LogP contribution in [0.15, 0.2) is 29.2 Å². The summed E-state index contributed by atoms with van der Waals surface area (Å²) in [7, 11) is -4.01. The maximum Gasteiger partial charge on any atom is 0.322 e. The lowest BCUT2D eigenvalue weighted by Crippen LogP contribution is -2.43. The van der Waals surface area contributed by atoms with Crippen LogP contribution in [0.2, 0.25) is 0 Å². The van der Waals surface area contributed by atoms with Gasteiger partial charge in [0.15, 0.2) is 0 Å². The topological polar surface area (TPSA) is 127 Å². The summed E-state index contributed by atoms with van der Waals surface area (Å²) in [6.07, 6.45) is 1.08. The number of aryl methyl sites for hydroxylation is 1. The zero-order valence-corrected chi connectivity index (χ0v) is 15.3. The first-order valence-corrected chi connectivity index (χ1v) is 9.15. The molecule has 0 unspecified atom stereocenters. The number of carbonyl (C=O) groups excluding carboxylic acids is 1. The molecule has 0 radical (unpaired) electrons. The third-order valence-electron chi connectivity index (χ3n) is 2.33. The molecule has 132 valence electrons. The van der Waals surface area contributed by atoms with E-state index in [1.807, 2.05) is 18.6 Å². The molecule has 0 aliphatic rings. The van der Waals surface area contributed by atoms with E-state index in [0.29, 0.717) is 0 Å². The molecule has 23 heavy (non-hydrogen) atoms. The van der Waals surface area contributed by atoms with Crippen LogP contribution < -0.4 is 10.5 Å². The fraction of sp³-hybridized carbons (Fsp3) is 0.429. The van der Waals surface area contributed by atoms with Gasteiger partial charge in [0.25, 0.3) is 0 Å². The van der Waals surface area contributed by atoms with Crippen molar-refractivity contribution in [1.82, 2.24) is 4.72 Å². The third-order valence-corrected chi connectivity index (χ3v) is 3.82. The number of carboxylic acid groups (broad SMARTS) is 1. The average Bonchev–Trinajstić information content (AvgIpc) is 2.50. The van der Waals surface area contributed by atoms with Crippen LogP contribution in [0.5, 0.6) is 0 Å². The van der Waals surface area contributed by atoms with Crippen LogP contribution in [0.1, 0.15) is 25.8 Å². The molecular weight excluding hydrogens is 340 g/mol. The summed E-state index contributed by atoms with van der Waals surface area (Å²) in [5.74, 6) is -2.37. The van der Waals surface area contributed by atoms with E-state index in [1.165, 1.54) is 12.1 Å². The summed E-state index contributed by atoms with van der Waals surface area (Å²) in [6.45, 7) is 5.79. The van der Waals surface area contributed by atoms with E-state index in [1.54, 1.807) is 25.3 Å². The van der Waals surface area contributed by atoms with Gasteiger partial charge in [-0.15, -0.1) is 0 Å². The Labute approximate surface area is 142 Å². The first-order valence-electron chi connectivity index (χ1n) is 6.77. The van der Waals surface area contributed by atoms with Crippen LogP contribution in [-0.4, -0.2) is 37.7 Å². The summed E-state index contributed by atoms with van der Waals surface area (Å²) in [5.41, 5.74) is 5.74. The largest absolute Gasteiger partial charge is 0.480 e. The molecule has 7 nitrogen and oxygen atoms in total. The van der Waals surface area contributed by atoms with Gasteiger partial charge in [-0.2, -0.15) is 17.4 Å². The van der Waals surface area contributed by atoms with Crippen molar-refractivity contribution in [3.8, 4) is 0 Å². The molecule has 1 aromatic carbocycles. The highest BCUT2D eigenvalue weighted by atomic mass is 32.2. The maximum absolute atomic E-state index is 11.9. The number of amides is 1. The number of hydrogen-bond donors (Lipinski definition) is 4. The number of sulfonamides is 1. The fourth-order valence-corrected chi connectivity index (χ4v) is 2.54. The highest BCUT2D eigenvalue weighted by Gasteiger charge is 2.26. The number of nitrogens with two attached hydrogens (primary N) is 1. The second-order valence-corrected chi connectivity index (χ2v) is 5.71. The molecule has 1 atom stereocenters. The van der Waals surface area contributed by atoms with Gasteiger partial charge >= 0.3 is 5.97 Å². The van der Waals surface area contributed by atoms with Gasteiger partial charge in [-0.1, -0.05) is 31.5 Å². The van der Waals surface area contributed by atoms with Crippen molar-refractivity contribution in [2.24, 2.45) is 5.73 Å². The monoisotopic (exact) mass is 364 g/mol. The summed E-state index contributed by atoms with van der Waals surface area (Å²) in [4.78, 5) is 21.5. The number of rotatable bonds is 6. The molecule has 1 aromatic rings. The number of primary amides is 1. The second kappa shape index (κ2) is 11.9. The lowest BCUT2D eigenvalue weighted by atomic mass is 10.2. The first-order chi connectivity index (χ1) is 10.7. The van der Waals surface area contributed by atoms with E-state index in [9.17, 15) is 18.0 Å². The number of nitrogens with one attached hydrogen (secondary N) is 1. The molecule has 0 spiro atoms. The molecule has 9 heteroatoms. The molecule has 0 aliphatic heterocycles. The Bertz CT molecular complexity index is 586. The summed E-state index contributed by atoms with van der Waals surface area (Å²) < 4.78 is 25.8. The van der Waals surface area contributed by atoms with E-state index >= 15 is 0 Å². The maximum atomic E-state index is 11.9. The Morgan fingerprint density at radius 3 is 2.00 bits per heavy atom. The highest BCUT2D eigenvalue weighted by Crippen LogP contribution is 2.11. The third kappa shape index (κ3) is 9.22. The predicted molar refractivity (Wildman–Crippen MR) is 93.0 cm³/mol. The van der Waals surface area contributed by atoms with Crippen molar-refractivity contribution in [1.29, 1.82) is 0 Å². The van der Waals surface area contributed by atoms with Crippen molar-refractivity contribution in [2.75, 3.05) is 6.26 Å². The van der Waals surface area contributed by atoms with E-state index in [-0.39, 0.29) is 4.90 Å². The zero-order chi connectivity index (χ0) is 18.6. The second-order valence-electron chi connectivity index (χ2n) is 4.00. The van der Waals surface area contributed by atoms with Crippen molar-refractivity contribution >= 4 is 34.5 Å². The van der Waals surface area contributed by atoms with E-state index < -0.39 is 34.4 Å². The van der Waals surface area contributed by atoms with Gasteiger partial charge in [0.05, 0.1) is 11.3 Å². The number of thiol groups is 1. The number of aliphatic carboxylic acids is 1. The minimum atomic E-state index is -4.01. The standard InChI is InChI=1S/C11H14N2O5S.C2H6.CH4S/c1-7-2-4-8(5-3-7)19(17,18)13-9(11(15)16)6-10(12)14;2*1-2/h2-5,9,13H,6H2,1H3,(H2,12,14)(H,15,16);1-2H3;2H,1H3/t9-;;/m0../s1. The molecule has 0 saturated heterocycles. The van der Waals surface area contributed by atoms with Crippen LogP contribution in [0.4, 0.5) is 0 Å². The molecule has 0 aromatic heterocycles. The summed E-state index contributed by atoms with van der Waals surface area (Å²) in [6, 6.07) is 4.28. The first kappa shape index (κ1) is 23.7. The van der Waals surface area contributed by atoms with Gasteiger partial charge in [-0.3, -0.25) is 9.59 Å². The van der Waals surface area contributed by atoms with Crippen LogP contribution >= 0.6 is 12.6 Å². The van der Waals surface area contributed by atoms with E-state index in [0.717, 1.165) is 5.56 Å². The molecule has 0 heterocycles. The van der Waals surface area contributed by atoms with Gasteiger partial charge in [-0.05, 0) is 25.3 Å². The summed E-state index contributed by atoms with van der Waals surface area (Å²) >= 11 is 3.53. The Hall–Kier alpha value is -1.58. The number of carboxylic acids is 1. The lowest BCUT2D eigenvalue weighted by molar-refractivity contribution is -0.140. The molecule has 0 aliphatic carbocycles. The molecule has 0 bridgehead atoms. The van der Waals surface area contributed by atoms with Crippen molar-refractivity contribution in [3.63, 3.8) is 0 Å². The predicted octanol–water partition coefficient (Wildman–Crippen LogP) is 1.17. The summed E-state index contributed by atoms with van der Waals surface area (Å²) in [5, 5.41) is 8.84. The number of hydrogen-bond acceptors (Lipinski definition) is 5. The van der Waals surface area contributed by atoms with E-state index in [2.05, 4.69) is 12.6 Å². The molecule has 1 rings (SSSR count). The number of carbonyl (C=O) groups is 2. The molecule has 1 amide bonds. The Kier molecular flexibility index (Phi) is 12.3. The Balaban J connectivity index is 0. The van der Waals surface area contributed by atoms with Gasteiger partial charge in [0.2, 0.25) is 15.9 Å². The van der Waals surface area contributed by atoms with Crippen LogP contribution in [0, 0.1) is 6.92 Å². The fourth-order valence-electron chi connectivity index (χ4n) is 1.35. The zero-order valence-electron chi connectivity index (χ0n) is 13.6. The van der Waals surface area contributed by atoms with Crippen LogP contribution in [0.25, 0.3) is 0 Å². The van der Waals surface area contributed by atoms with Gasteiger partial charge < -0.3 is 10.8 Å². The van der Waals surface area contributed by atoms with Crippen molar-refractivity contribution < 1.29 is 23.1 Å². The molecule has 0 fully saturated rings. The molecular formula is C14H24N2O5S2. The van der Waals surface area contributed by atoms with Crippen LogP contribution in [0.3, 0.4) is 0 Å².